The van der Waals surface area contributed by atoms with Gasteiger partial charge >= 0.3 is 5.97 Å². The van der Waals surface area contributed by atoms with Crippen LogP contribution in [-0.4, -0.2) is 28.3 Å². The highest BCUT2D eigenvalue weighted by atomic mass is 19.1. The first-order chi connectivity index (χ1) is 16.8. The molecule has 9 heteroatoms. The molecule has 0 spiro atoms. The van der Waals surface area contributed by atoms with E-state index in [1.807, 2.05) is 38.1 Å². The average Bonchev–Trinajstić information content (AvgIpc) is 3.43. The Kier molecular flexibility index (Phi) is 6.96. The second-order valence-corrected chi connectivity index (χ2v) is 7.93. The summed E-state index contributed by atoms with van der Waals surface area (Å²) >= 11 is 0. The minimum Gasteiger partial charge on any atom is -0.486 e. The maximum absolute atomic E-state index is 13.0. The van der Waals surface area contributed by atoms with Crippen molar-refractivity contribution in [2.75, 3.05) is 11.9 Å². The van der Waals surface area contributed by atoms with E-state index in [2.05, 4.69) is 10.4 Å². The monoisotopic (exact) mass is 477 g/mol. The summed E-state index contributed by atoms with van der Waals surface area (Å²) in [6.07, 6.45) is 0. The van der Waals surface area contributed by atoms with Gasteiger partial charge < -0.3 is 19.2 Å². The van der Waals surface area contributed by atoms with Gasteiger partial charge in [0.25, 0.3) is 5.91 Å². The Hall–Kier alpha value is -4.40. The molecule has 0 aliphatic rings. The van der Waals surface area contributed by atoms with Crippen LogP contribution in [0, 0.1) is 26.6 Å². The van der Waals surface area contributed by atoms with Gasteiger partial charge in [-0.15, -0.1) is 0 Å². The van der Waals surface area contributed by atoms with Gasteiger partial charge in [-0.05, 0) is 69.3 Å². The first kappa shape index (κ1) is 23.7. The number of rotatable bonds is 8. The van der Waals surface area contributed by atoms with Gasteiger partial charge in [0, 0.05) is 0 Å². The molecule has 1 N–H and O–H groups in total. The lowest BCUT2D eigenvalue weighted by Crippen LogP contribution is -2.21. The normalized spacial score (nSPS) is 10.7. The Labute approximate surface area is 201 Å². The number of aryl methyl sites for hydroxylation is 2. The van der Waals surface area contributed by atoms with Gasteiger partial charge in [-0.3, -0.25) is 4.79 Å². The van der Waals surface area contributed by atoms with Gasteiger partial charge in [-0.25, -0.2) is 13.9 Å². The summed E-state index contributed by atoms with van der Waals surface area (Å²) in [4.78, 5) is 24.7. The smallest absolute Gasteiger partial charge is 0.374 e. The van der Waals surface area contributed by atoms with E-state index >= 15 is 0 Å². The van der Waals surface area contributed by atoms with Crippen LogP contribution in [0.15, 0.2) is 65.1 Å². The summed E-state index contributed by atoms with van der Waals surface area (Å²) in [5, 5.41) is 7.26. The van der Waals surface area contributed by atoms with Crippen LogP contribution in [0.25, 0.3) is 5.69 Å². The number of nitrogens with one attached hydrogen (secondary N) is 1. The Morgan fingerprint density at radius 3 is 2.43 bits per heavy atom. The van der Waals surface area contributed by atoms with E-state index < -0.39 is 18.5 Å². The summed E-state index contributed by atoms with van der Waals surface area (Å²) in [6, 6.07) is 16.4. The van der Waals surface area contributed by atoms with Crippen molar-refractivity contribution >= 4 is 17.6 Å². The number of furan rings is 1. The number of hydrogen-bond donors (Lipinski definition) is 1. The quantitative estimate of drug-likeness (QED) is 0.363. The second kappa shape index (κ2) is 10.3. The highest BCUT2D eigenvalue weighted by molar-refractivity contribution is 5.95. The summed E-state index contributed by atoms with van der Waals surface area (Å²) in [5.41, 5.74) is 3.96. The molecule has 4 rings (SSSR count). The van der Waals surface area contributed by atoms with Crippen LogP contribution < -0.4 is 10.1 Å². The summed E-state index contributed by atoms with van der Waals surface area (Å²) in [5.74, 6) is -0.873. The predicted molar refractivity (Wildman–Crippen MR) is 126 cm³/mol. The highest BCUT2D eigenvalue weighted by Gasteiger charge is 2.18. The van der Waals surface area contributed by atoms with Crippen LogP contribution in [0.5, 0.6) is 5.75 Å². The molecule has 1 amide bonds. The first-order valence-corrected chi connectivity index (χ1v) is 10.9. The molecular weight excluding hydrogens is 453 g/mol. The number of carbonyl (C=O) groups is 2. The molecule has 0 aliphatic heterocycles. The minimum atomic E-state index is -0.781. The van der Waals surface area contributed by atoms with Crippen molar-refractivity contribution in [1.29, 1.82) is 0 Å². The fraction of sp³-hybridized carbons (Fsp3) is 0.192. The van der Waals surface area contributed by atoms with Crippen molar-refractivity contribution in [3.05, 3.63) is 95.0 Å². The molecule has 0 saturated heterocycles. The minimum absolute atomic E-state index is 0.0446. The lowest BCUT2D eigenvalue weighted by Gasteiger charge is -2.08. The number of nitrogens with zero attached hydrogens (tertiary/aromatic N) is 2. The molecule has 0 radical (unpaired) electrons. The standard InChI is InChI=1S/C26H24FN3O5/c1-16-4-8-20(9-5-16)30-18(3)25(17(2)29-30)28-24(31)15-34-26(32)23-13-12-22(35-23)14-33-21-10-6-19(27)7-11-21/h4-13H,14-15H2,1-3H3,(H,28,31). The van der Waals surface area contributed by atoms with Gasteiger partial charge in [0.1, 0.15) is 23.9 Å². The number of halogens is 1. The lowest BCUT2D eigenvalue weighted by molar-refractivity contribution is -0.119. The number of benzene rings is 2. The molecule has 180 valence electrons. The molecule has 0 saturated carbocycles. The lowest BCUT2D eigenvalue weighted by atomic mass is 10.2. The first-order valence-electron chi connectivity index (χ1n) is 10.9. The van der Waals surface area contributed by atoms with Gasteiger partial charge in [-0.1, -0.05) is 17.7 Å². The molecule has 2 aromatic heterocycles. The SMILES string of the molecule is Cc1ccc(-n2nc(C)c(NC(=O)COC(=O)c3ccc(COc4ccc(F)cc4)o3)c2C)cc1. The van der Waals surface area contributed by atoms with Gasteiger partial charge in [-0.2, -0.15) is 5.10 Å². The number of carbonyl (C=O) groups excluding carboxylic acids is 2. The van der Waals surface area contributed by atoms with Crippen molar-refractivity contribution in [3.63, 3.8) is 0 Å². The molecular formula is C26H24FN3O5. The summed E-state index contributed by atoms with van der Waals surface area (Å²) in [6.45, 7) is 5.19. The zero-order valence-corrected chi connectivity index (χ0v) is 19.5. The zero-order chi connectivity index (χ0) is 24.9. The Bertz CT molecular complexity index is 1340. The highest BCUT2D eigenvalue weighted by Crippen LogP contribution is 2.23. The van der Waals surface area contributed by atoms with Crippen molar-refractivity contribution in [3.8, 4) is 11.4 Å². The molecule has 2 heterocycles. The van der Waals surface area contributed by atoms with Gasteiger partial charge in [0.2, 0.25) is 5.76 Å². The average molecular weight is 477 g/mol. The Balaban J connectivity index is 1.31. The number of esters is 1. The second-order valence-electron chi connectivity index (χ2n) is 7.93. The molecule has 0 unspecified atom stereocenters. The molecule has 2 aromatic carbocycles. The molecule has 0 fully saturated rings. The summed E-state index contributed by atoms with van der Waals surface area (Å²) in [7, 11) is 0. The molecule has 0 aliphatic carbocycles. The van der Waals surface area contributed by atoms with E-state index in [1.165, 1.54) is 30.3 Å². The number of ether oxygens (including phenoxy) is 2. The topological polar surface area (TPSA) is 95.6 Å². The fourth-order valence-electron chi connectivity index (χ4n) is 3.39. The van der Waals surface area contributed by atoms with Crippen LogP contribution in [-0.2, 0) is 16.1 Å². The van der Waals surface area contributed by atoms with Crippen LogP contribution in [0.2, 0.25) is 0 Å². The number of hydrogen-bond acceptors (Lipinski definition) is 6. The molecule has 35 heavy (non-hydrogen) atoms. The van der Waals surface area contributed by atoms with E-state index in [1.54, 1.807) is 17.7 Å². The van der Waals surface area contributed by atoms with Crippen molar-refractivity contribution in [2.45, 2.75) is 27.4 Å². The van der Waals surface area contributed by atoms with E-state index in [4.69, 9.17) is 13.9 Å². The molecule has 8 nitrogen and oxygen atoms in total. The fourth-order valence-corrected chi connectivity index (χ4v) is 3.39. The van der Waals surface area contributed by atoms with E-state index in [0.717, 1.165) is 16.9 Å². The number of aromatic nitrogens is 2. The Morgan fingerprint density at radius 1 is 1.00 bits per heavy atom. The third kappa shape index (κ3) is 5.75. The predicted octanol–water partition coefficient (Wildman–Crippen LogP) is 4.90. The number of amides is 1. The number of anilines is 1. The van der Waals surface area contributed by atoms with Gasteiger partial charge in [0.05, 0.1) is 22.8 Å². The molecule has 0 bridgehead atoms. The maximum Gasteiger partial charge on any atom is 0.374 e. The van der Waals surface area contributed by atoms with Crippen LogP contribution in [0.1, 0.15) is 33.3 Å². The molecule has 4 aromatic rings. The van der Waals surface area contributed by atoms with Crippen molar-refractivity contribution in [1.82, 2.24) is 9.78 Å². The van der Waals surface area contributed by atoms with E-state index in [0.29, 0.717) is 22.9 Å². The Morgan fingerprint density at radius 2 is 1.71 bits per heavy atom. The van der Waals surface area contributed by atoms with Crippen molar-refractivity contribution < 1.29 is 27.9 Å². The van der Waals surface area contributed by atoms with Crippen molar-refractivity contribution in [2.24, 2.45) is 0 Å². The largest absolute Gasteiger partial charge is 0.486 e. The van der Waals surface area contributed by atoms with Crippen LogP contribution >= 0.6 is 0 Å². The van der Waals surface area contributed by atoms with E-state index in [-0.39, 0.29) is 18.2 Å². The van der Waals surface area contributed by atoms with Crippen LogP contribution in [0.4, 0.5) is 10.1 Å². The van der Waals surface area contributed by atoms with Gasteiger partial charge in [0.15, 0.2) is 6.61 Å². The van der Waals surface area contributed by atoms with E-state index in [9.17, 15) is 14.0 Å². The molecule has 0 atom stereocenters. The van der Waals surface area contributed by atoms with Crippen LogP contribution in [0.3, 0.4) is 0 Å². The summed E-state index contributed by atoms with van der Waals surface area (Å²) < 4.78 is 30.7. The third-order valence-electron chi connectivity index (χ3n) is 5.23. The zero-order valence-electron chi connectivity index (χ0n) is 19.5. The maximum atomic E-state index is 13.0. The third-order valence-corrected chi connectivity index (χ3v) is 5.23.